The molecule has 8 rings (SSSR count). The molecule has 46 heavy (non-hydrogen) atoms. The molecule has 240 valence electrons. The molecule has 0 aliphatic carbocycles. The maximum atomic E-state index is 12.4. The number of ether oxygens (including phenoxy) is 5. The largest absolute Gasteiger partial charge is 0.465 e. The fourth-order valence-corrected chi connectivity index (χ4v) is 7.36. The number of methoxy groups -OCH3 is 1. The fraction of sp³-hybridized carbons (Fsp3) is 0.441. The Morgan fingerprint density at radius 2 is 2.00 bits per heavy atom. The third kappa shape index (κ3) is 5.15. The minimum absolute atomic E-state index is 0.117. The average Bonchev–Trinajstić information content (AvgIpc) is 3.88. The van der Waals surface area contributed by atoms with Gasteiger partial charge in [0.25, 0.3) is 5.79 Å². The summed E-state index contributed by atoms with van der Waals surface area (Å²) in [6, 6.07) is 15.5. The van der Waals surface area contributed by atoms with Gasteiger partial charge < -0.3 is 33.2 Å². The summed E-state index contributed by atoms with van der Waals surface area (Å²) >= 11 is 6.09. The number of nitrogens with zero attached hydrogens (tertiary/aromatic N) is 5. The quantitative estimate of drug-likeness (QED) is 0.261. The van der Waals surface area contributed by atoms with Crippen molar-refractivity contribution in [2.24, 2.45) is 0 Å². The molecule has 0 unspecified atom stereocenters. The van der Waals surface area contributed by atoms with Gasteiger partial charge in [-0.05, 0) is 55.3 Å². The predicted molar refractivity (Wildman–Crippen MR) is 170 cm³/mol. The molecule has 4 aliphatic heterocycles. The first kappa shape index (κ1) is 29.5. The van der Waals surface area contributed by atoms with E-state index < -0.39 is 5.79 Å². The molecule has 0 radical (unpaired) electrons. The van der Waals surface area contributed by atoms with E-state index in [0.29, 0.717) is 54.1 Å². The molecule has 4 aliphatic rings. The molecule has 3 fully saturated rings. The SMILES string of the molecule is COC(=O)c1ccc2nc(CN3CCN(c4cccc5c4O[C@](C)(c4ccc(Cl)cn4)O5)[C@H]4COC[C@H]43)n(C[C@@H]3CCCO3)c2c1. The first-order valence-corrected chi connectivity index (χ1v) is 16.2. The summed E-state index contributed by atoms with van der Waals surface area (Å²) in [5.41, 5.74) is 3.92. The zero-order valence-corrected chi connectivity index (χ0v) is 26.6. The normalized spacial score (nSPS) is 25.7. The smallest absolute Gasteiger partial charge is 0.337 e. The molecule has 3 saturated heterocycles. The molecule has 6 heterocycles. The zero-order chi connectivity index (χ0) is 31.4. The van der Waals surface area contributed by atoms with E-state index in [4.69, 9.17) is 40.3 Å². The molecule has 11 nitrogen and oxygen atoms in total. The third-order valence-electron chi connectivity index (χ3n) is 9.58. The summed E-state index contributed by atoms with van der Waals surface area (Å²) in [6.07, 6.45) is 3.78. The van der Waals surface area contributed by atoms with E-state index >= 15 is 0 Å². The van der Waals surface area contributed by atoms with Crippen molar-refractivity contribution < 1.29 is 28.5 Å². The highest BCUT2D eigenvalue weighted by Gasteiger charge is 2.46. The number of esters is 1. The number of anilines is 1. The van der Waals surface area contributed by atoms with Gasteiger partial charge in [-0.25, -0.2) is 9.78 Å². The van der Waals surface area contributed by atoms with Gasteiger partial charge >= 0.3 is 5.97 Å². The minimum Gasteiger partial charge on any atom is -0.465 e. The molecule has 2 aromatic heterocycles. The highest BCUT2D eigenvalue weighted by Crippen LogP contribution is 2.50. The van der Waals surface area contributed by atoms with Crippen LogP contribution in [0.1, 0.15) is 41.6 Å². The second-order valence-electron chi connectivity index (χ2n) is 12.4. The molecule has 0 N–H and O–H groups in total. The fourth-order valence-electron chi connectivity index (χ4n) is 7.24. The number of halogens is 1. The van der Waals surface area contributed by atoms with Gasteiger partial charge in [0.2, 0.25) is 0 Å². The van der Waals surface area contributed by atoms with Crippen molar-refractivity contribution in [3.63, 3.8) is 0 Å². The number of hydrogen-bond acceptors (Lipinski definition) is 10. The molecule has 0 spiro atoms. The number of pyridine rings is 1. The number of rotatable bonds is 7. The van der Waals surface area contributed by atoms with E-state index in [2.05, 4.69) is 25.4 Å². The lowest BCUT2D eigenvalue weighted by atomic mass is 10.0. The van der Waals surface area contributed by atoms with Crippen LogP contribution in [0.15, 0.2) is 54.7 Å². The van der Waals surface area contributed by atoms with Gasteiger partial charge in [-0.3, -0.25) is 9.88 Å². The number of imidazole rings is 1. The summed E-state index contributed by atoms with van der Waals surface area (Å²) in [5, 5.41) is 0.557. The van der Waals surface area contributed by atoms with Crippen molar-refractivity contribution in [1.82, 2.24) is 19.4 Å². The molecule has 2 aromatic carbocycles. The van der Waals surface area contributed by atoms with Crippen LogP contribution < -0.4 is 14.4 Å². The molecule has 12 heteroatoms. The van der Waals surface area contributed by atoms with Gasteiger partial charge in [-0.1, -0.05) is 17.7 Å². The number of benzene rings is 2. The van der Waals surface area contributed by atoms with E-state index in [1.807, 2.05) is 37.3 Å². The predicted octanol–water partition coefficient (Wildman–Crippen LogP) is 4.78. The molecular formula is C34H36ClN5O6. The topological polar surface area (TPSA) is 100 Å². The van der Waals surface area contributed by atoms with Gasteiger partial charge in [0.1, 0.15) is 11.5 Å². The summed E-state index contributed by atoms with van der Waals surface area (Å²) in [5.74, 6) is 0.924. The molecule has 4 aromatic rings. The second kappa shape index (κ2) is 11.7. The zero-order valence-electron chi connectivity index (χ0n) is 25.9. The Kier molecular flexibility index (Phi) is 7.51. The lowest BCUT2D eigenvalue weighted by Gasteiger charge is -2.44. The summed E-state index contributed by atoms with van der Waals surface area (Å²) < 4.78 is 32.3. The number of carbonyl (C=O) groups is 1. The van der Waals surface area contributed by atoms with Crippen LogP contribution in [0.2, 0.25) is 5.02 Å². The second-order valence-corrected chi connectivity index (χ2v) is 12.9. The number of para-hydroxylation sites is 1. The molecule has 0 bridgehead atoms. The van der Waals surface area contributed by atoms with E-state index in [0.717, 1.165) is 55.1 Å². The van der Waals surface area contributed by atoms with E-state index in [9.17, 15) is 4.79 Å². The van der Waals surface area contributed by atoms with E-state index in [1.165, 1.54) is 7.11 Å². The van der Waals surface area contributed by atoms with Crippen LogP contribution in [0, 0.1) is 0 Å². The summed E-state index contributed by atoms with van der Waals surface area (Å²) in [6.45, 7) is 6.81. The van der Waals surface area contributed by atoms with Crippen LogP contribution in [0.3, 0.4) is 0 Å². The first-order valence-electron chi connectivity index (χ1n) is 15.8. The number of carbonyl (C=O) groups excluding carboxylic acids is 1. The van der Waals surface area contributed by atoms with Gasteiger partial charge in [-0.15, -0.1) is 0 Å². The Morgan fingerprint density at radius 1 is 1.11 bits per heavy atom. The molecule has 0 amide bonds. The lowest BCUT2D eigenvalue weighted by molar-refractivity contribution is -0.0716. The van der Waals surface area contributed by atoms with Crippen LogP contribution in [0.5, 0.6) is 11.5 Å². The van der Waals surface area contributed by atoms with Gasteiger partial charge in [0.15, 0.2) is 11.5 Å². The van der Waals surface area contributed by atoms with Crippen molar-refractivity contribution >= 4 is 34.3 Å². The van der Waals surface area contributed by atoms with Crippen molar-refractivity contribution in [2.45, 2.75) is 56.8 Å². The van der Waals surface area contributed by atoms with E-state index in [1.54, 1.807) is 18.3 Å². The van der Waals surface area contributed by atoms with Crippen LogP contribution in [-0.4, -0.2) is 83.6 Å². The Morgan fingerprint density at radius 3 is 2.80 bits per heavy atom. The Labute approximate surface area is 271 Å². The Bertz CT molecular complexity index is 1780. The van der Waals surface area contributed by atoms with Gasteiger partial charge in [-0.2, -0.15) is 0 Å². The monoisotopic (exact) mass is 645 g/mol. The van der Waals surface area contributed by atoms with Crippen LogP contribution in [0.25, 0.3) is 11.0 Å². The summed E-state index contributed by atoms with van der Waals surface area (Å²) in [7, 11) is 1.40. The van der Waals surface area contributed by atoms with Crippen molar-refractivity contribution in [1.29, 1.82) is 0 Å². The maximum absolute atomic E-state index is 12.4. The van der Waals surface area contributed by atoms with Crippen molar-refractivity contribution in [3.05, 3.63) is 76.8 Å². The summed E-state index contributed by atoms with van der Waals surface area (Å²) in [4.78, 5) is 26.8. The highest BCUT2D eigenvalue weighted by molar-refractivity contribution is 6.30. The average molecular weight is 646 g/mol. The number of aromatic nitrogens is 3. The Balaban J connectivity index is 1.07. The van der Waals surface area contributed by atoms with Crippen molar-refractivity contribution in [2.75, 3.05) is 44.9 Å². The lowest BCUT2D eigenvalue weighted by Crippen LogP contribution is -2.59. The number of hydrogen-bond donors (Lipinski definition) is 0. The van der Waals surface area contributed by atoms with E-state index in [-0.39, 0.29) is 24.2 Å². The van der Waals surface area contributed by atoms with Gasteiger partial charge in [0.05, 0.1) is 78.9 Å². The Hall–Kier alpha value is -3.90. The third-order valence-corrected chi connectivity index (χ3v) is 9.81. The highest BCUT2D eigenvalue weighted by atomic mass is 35.5. The maximum Gasteiger partial charge on any atom is 0.337 e. The molecule has 4 atom stereocenters. The van der Waals surface area contributed by atoms with Crippen LogP contribution in [0.4, 0.5) is 5.69 Å². The minimum atomic E-state index is -1.06. The van der Waals surface area contributed by atoms with Gasteiger partial charge in [0, 0.05) is 32.8 Å². The number of piperazine rings is 1. The standard InChI is InChI=1S/C34H36ClN5O6/c1-34(30-11-9-22(35)16-36-30)45-29-7-3-6-25(32(29)46-34)39-13-12-38(27-19-43-20-28(27)39)18-31-37-24-10-8-21(33(41)42-2)15-26(24)40(31)17-23-5-4-14-44-23/h3,6-11,15-16,23,27-28H,4-5,12-14,17-20H2,1-2H3/t23-,27+,28-,34+/m0/s1. The van der Waals surface area contributed by atoms with Crippen LogP contribution >= 0.6 is 11.6 Å². The first-order chi connectivity index (χ1) is 22.4. The molecule has 0 saturated carbocycles. The number of fused-ring (bicyclic) bond motifs is 3. The van der Waals surface area contributed by atoms with Crippen LogP contribution in [-0.2, 0) is 33.1 Å². The van der Waals surface area contributed by atoms with Crippen molar-refractivity contribution in [3.8, 4) is 11.5 Å². The molecular weight excluding hydrogens is 610 g/mol.